The van der Waals surface area contributed by atoms with Gasteiger partial charge in [-0.3, -0.25) is 0 Å². The third kappa shape index (κ3) is 4.95. The Balaban J connectivity index is 2.09. The van der Waals surface area contributed by atoms with Crippen molar-refractivity contribution in [3.8, 4) is 0 Å². The Morgan fingerprint density at radius 3 is 2.22 bits per heavy atom. The summed E-state index contributed by atoms with van der Waals surface area (Å²) in [6.45, 7) is 0. The van der Waals surface area contributed by atoms with Gasteiger partial charge in [-0.2, -0.15) is 0 Å². The molecule has 9 heteroatoms. The number of benzene rings is 2. The van der Waals surface area contributed by atoms with Crippen LogP contribution in [0.2, 0.25) is 0 Å². The number of urea groups is 1. The van der Waals surface area contributed by atoms with Crippen LogP contribution in [0.25, 0.3) is 0 Å². The summed E-state index contributed by atoms with van der Waals surface area (Å²) in [5.41, 5.74) is 1.54. The minimum atomic E-state index is -4.91. The van der Waals surface area contributed by atoms with Gasteiger partial charge in [0.2, 0.25) is 0 Å². The molecule has 0 saturated carbocycles. The first-order valence-corrected chi connectivity index (χ1v) is 10.6. The molecule has 6 nitrogen and oxygen atoms in total. The second-order valence-electron chi connectivity index (χ2n) is 4.52. The second kappa shape index (κ2) is 7.33. The Kier molecular flexibility index (Phi) is 5.67. The van der Waals surface area contributed by atoms with Crippen molar-refractivity contribution in [2.75, 3.05) is 10.6 Å². The van der Waals surface area contributed by atoms with E-state index in [1.165, 1.54) is 24.3 Å². The zero-order chi connectivity index (χ0) is 17.0. The van der Waals surface area contributed by atoms with Crippen LogP contribution in [0.4, 0.5) is 16.2 Å². The number of carbonyl (C=O) groups is 1. The predicted molar refractivity (Wildman–Crippen MR) is 96.7 cm³/mol. The Morgan fingerprint density at radius 2 is 1.65 bits per heavy atom. The van der Waals surface area contributed by atoms with Crippen LogP contribution in [0.1, 0.15) is 5.56 Å². The zero-order valence-electron chi connectivity index (χ0n) is 11.6. The molecule has 0 bridgehead atoms. The van der Waals surface area contributed by atoms with Crippen molar-refractivity contribution in [1.82, 2.24) is 0 Å². The van der Waals surface area contributed by atoms with E-state index in [2.05, 4.69) is 23.3 Å². The molecule has 0 aliphatic heterocycles. The van der Waals surface area contributed by atoms with E-state index < -0.39 is 20.2 Å². The summed E-state index contributed by atoms with van der Waals surface area (Å²) in [6, 6.07) is 11.9. The number of thiocarbonyl (C=S) groups is 1. The fourth-order valence-corrected chi connectivity index (χ4v) is 3.30. The molecule has 23 heavy (non-hydrogen) atoms. The molecule has 0 unspecified atom stereocenters. The van der Waals surface area contributed by atoms with Crippen molar-refractivity contribution < 1.29 is 16.7 Å². The van der Waals surface area contributed by atoms with Crippen LogP contribution < -0.4 is 15.0 Å². The summed E-state index contributed by atoms with van der Waals surface area (Å²) in [5.74, 6) is 0. The van der Waals surface area contributed by atoms with E-state index in [0.717, 1.165) is 0 Å². The number of hydrogen-bond donors (Lipinski definition) is 5. The molecule has 2 rings (SSSR count). The van der Waals surface area contributed by atoms with Gasteiger partial charge in [0.15, 0.2) is 0 Å². The molecular weight excluding hydrogens is 399 g/mol. The fraction of sp³-hybridized carbons (Fsp3) is 0. The molecule has 4 N–H and O–H groups in total. The van der Waals surface area contributed by atoms with Gasteiger partial charge in [0.1, 0.15) is 0 Å². The van der Waals surface area contributed by atoms with Crippen molar-refractivity contribution in [2.24, 2.45) is 0 Å². The first kappa shape index (κ1) is 17.8. The molecule has 0 heterocycles. The van der Waals surface area contributed by atoms with Gasteiger partial charge in [-0.05, 0) is 0 Å². The molecule has 2 amide bonds. The number of anilines is 2. The maximum absolute atomic E-state index is 12.0. The van der Waals surface area contributed by atoms with Gasteiger partial charge >= 0.3 is 146 Å². The summed E-state index contributed by atoms with van der Waals surface area (Å²) in [4.78, 5) is 12.0. The van der Waals surface area contributed by atoms with Gasteiger partial charge in [0, 0.05) is 0 Å². The number of thiol groups is 1. The van der Waals surface area contributed by atoms with E-state index >= 15 is 0 Å². The molecule has 0 aliphatic rings. The van der Waals surface area contributed by atoms with Crippen LogP contribution in [0.5, 0.6) is 0 Å². The number of amides is 2. The van der Waals surface area contributed by atoms with Crippen molar-refractivity contribution in [2.45, 2.75) is 0 Å². The quantitative estimate of drug-likeness (QED) is 0.298. The number of para-hydroxylation sites is 1. The molecule has 2 aromatic rings. The van der Waals surface area contributed by atoms with Crippen LogP contribution in [0.15, 0.2) is 48.5 Å². The van der Waals surface area contributed by atoms with Gasteiger partial charge in [-0.1, -0.05) is 0 Å². The van der Waals surface area contributed by atoms with E-state index in [9.17, 15) is 8.53 Å². The molecule has 0 aromatic heterocycles. The molecule has 0 atom stereocenters. The predicted octanol–water partition coefficient (Wildman–Crippen LogP) is 1.50. The first-order chi connectivity index (χ1) is 10.8. The Bertz CT molecular complexity index is 790. The molecule has 0 saturated heterocycles. The Labute approximate surface area is 146 Å². The first-order valence-electron chi connectivity index (χ1n) is 6.34. The molecule has 2 aromatic carbocycles. The van der Waals surface area contributed by atoms with Crippen molar-refractivity contribution in [3.05, 3.63) is 54.1 Å². The number of carbonyl (C=O) groups excluding carboxylic acids is 1. The summed E-state index contributed by atoms with van der Waals surface area (Å²) < 4.78 is 29.6. The van der Waals surface area contributed by atoms with Crippen LogP contribution in [-0.4, -0.2) is 32.6 Å². The Morgan fingerprint density at radius 1 is 1.04 bits per heavy atom. The van der Waals surface area contributed by atoms with Gasteiger partial charge in [-0.25, -0.2) is 0 Å². The summed E-state index contributed by atoms with van der Waals surface area (Å²) in [5, 5.41) is 5.22. The molecule has 120 valence electrons. The normalized spacial score (nSPS) is 10.9. The van der Waals surface area contributed by atoms with Gasteiger partial charge in [-0.15, -0.1) is 0 Å². The standard InChI is InChI=1S/C14H13AsN2O4S2/c18-14(17-12-4-2-1-3-11(12)13(22)23)16-10-7-5-9(6-8-10)15(19,20)21/h1-8H,(H,22,23)(H2,16,17,18)(H2,19,20,21). The fourth-order valence-electron chi connectivity index (χ4n) is 1.80. The van der Waals surface area contributed by atoms with Gasteiger partial charge < -0.3 is 0 Å². The van der Waals surface area contributed by atoms with Crippen LogP contribution >= 0.6 is 24.8 Å². The molecule has 0 aliphatic carbocycles. The molecule has 0 fully saturated rings. The van der Waals surface area contributed by atoms with E-state index in [0.29, 0.717) is 21.1 Å². The van der Waals surface area contributed by atoms with E-state index in [1.807, 2.05) is 0 Å². The van der Waals surface area contributed by atoms with Gasteiger partial charge in [0.05, 0.1) is 0 Å². The zero-order valence-corrected chi connectivity index (χ0v) is 15.2. The van der Waals surface area contributed by atoms with Gasteiger partial charge in [0.25, 0.3) is 0 Å². The molecule has 0 spiro atoms. The summed E-state index contributed by atoms with van der Waals surface area (Å²) in [6.07, 6.45) is 0. The van der Waals surface area contributed by atoms with E-state index in [4.69, 9.17) is 20.4 Å². The third-order valence-corrected chi connectivity index (χ3v) is 5.36. The molecular formula is C14H13AsN2O4S2. The van der Waals surface area contributed by atoms with Crippen molar-refractivity contribution in [1.29, 1.82) is 0 Å². The van der Waals surface area contributed by atoms with Crippen molar-refractivity contribution >= 4 is 65.0 Å². The van der Waals surface area contributed by atoms with E-state index in [1.54, 1.807) is 24.3 Å². The van der Waals surface area contributed by atoms with E-state index in [-0.39, 0.29) is 4.35 Å². The summed E-state index contributed by atoms with van der Waals surface area (Å²) >= 11 is 4.19. The average Bonchev–Trinajstić information content (AvgIpc) is 2.47. The number of nitrogens with one attached hydrogen (secondary N) is 2. The Hall–Kier alpha value is -1.57. The number of hydrogen-bond acceptors (Lipinski definition) is 3. The maximum atomic E-state index is 12.0. The van der Waals surface area contributed by atoms with Crippen LogP contribution in [-0.2, 0) is 3.74 Å². The SMILES string of the molecule is O=C(Nc1ccc([As](=O)(O)O)cc1)Nc1ccccc1C(=S)S. The third-order valence-electron chi connectivity index (χ3n) is 2.87. The number of rotatable bonds is 4. The van der Waals surface area contributed by atoms with Crippen LogP contribution in [0, 0.1) is 0 Å². The monoisotopic (exact) mass is 412 g/mol. The topological polar surface area (TPSA) is 98.7 Å². The minimum absolute atomic E-state index is 0.0557. The summed E-state index contributed by atoms with van der Waals surface area (Å²) in [7, 11) is 0. The average molecular weight is 412 g/mol. The second-order valence-corrected chi connectivity index (χ2v) is 9.05. The molecule has 0 radical (unpaired) electrons. The van der Waals surface area contributed by atoms with Crippen LogP contribution in [0.3, 0.4) is 0 Å². The van der Waals surface area contributed by atoms with Crippen molar-refractivity contribution in [3.63, 3.8) is 0 Å².